The third-order valence-corrected chi connectivity index (χ3v) is 4.10. The first-order valence-corrected chi connectivity index (χ1v) is 8.38. The van der Waals surface area contributed by atoms with Gasteiger partial charge in [0.15, 0.2) is 0 Å². The van der Waals surface area contributed by atoms with E-state index >= 15 is 0 Å². The minimum Gasteiger partial charge on any atom is -0.492 e. The summed E-state index contributed by atoms with van der Waals surface area (Å²) in [6.45, 7) is 2.84. The third kappa shape index (κ3) is 4.35. The molecule has 1 aliphatic carbocycles. The quantitative estimate of drug-likeness (QED) is 0.811. The number of ether oxygens (including phenoxy) is 1. The molecule has 1 aliphatic rings. The number of rotatable bonds is 7. The first kappa shape index (κ1) is 17.0. The van der Waals surface area contributed by atoms with Crippen molar-refractivity contribution in [2.45, 2.75) is 19.9 Å². The van der Waals surface area contributed by atoms with Gasteiger partial charge in [0.25, 0.3) is 0 Å². The maximum absolute atomic E-state index is 12.4. The molecule has 0 aliphatic heterocycles. The normalized spacial score (nSPS) is 18.3. The number of benzene rings is 1. The predicted octanol–water partition coefficient (Wildman–Crippen LogP) is 2.37. The van der Waals surface area contributed by atoms with Gasteiger partial charge in [-0.05, 0) is 37.1 Å². The summed E-state index contributed by atoms with van der Waals surface area (Å²) >= 11 is 0. The maximum atomic E-state index is 12.4. The van der Waals surface area contributed by atoms with Crippen LogP contribution in [0.4, 0.5) is 5.69 Å². The molecule has 3 rings (SSSR count). The Morgan fingerprint density at radius 1 is 1.16 bits per heavy atom. The van der Waals surface area contributed by atoms with E-state index in [1.165, 1.54) is 0 Å². The number of anilines is 1. The van der Waals surface area contributed by atoms with Crippen molar-refractivity contribution < 1.29 is 14.3 Å². The highest BCUT2D eigenvalue weighted by Crippen LogP contribution is 2.40. The predicted molar refractivity (Wildman–Crippen MR) is 93.9 cm³/mol. The summed E-state index contributed by atoms with van der Waals surface area (Å²) in [5, 5.41) is 5.72. The van der Waals surface area contributed by atoms with Crippen LogP contribution in [0.25, 0.3) is 0 Å². The summed E-state index contributed by atoms with van der Waals surface area (Å²) in [4.78, 5) is 28.6. The molecular weight excluding hydrogens is 318 g/mol. The lowest BCUT2D eigenvalue weighted by Crippen LogP contribution is -2.27. The van der Waals surface area contributed by atoms with E-state index in [-0.39, 0.29) is 23.7 Å². The fourth-order valence-corrected chi connectivity index (χ4v) is 2.67. The van der Waals surface area contributed by atoms with Crippen molar-refractivity contribution >= 4 is 17.5 Å². The van der Waals surface area contributed by atoms with Gasteiger partial charge in [0.1, 0.15) is 5.75 Å². The summed E-state index contributed by atoms with van der Waals surface area (Å²) in [5.74, 6) is -0.160. The van der Waals surface area contributed by atoms with E-state index in [0.29, 0.717) is 31.0 Å². The van der Waals surface area contributed by atoms with Crippen molar-refractivity contribution in [3.05, 3.63) is 54.4 Å². The zero-order valence-electron chi connectivity index (χ0n) is 14.1. The van der Waals surface area contributed by atoms with Gasteiger partial charge in [-0.1, -0.05) is 18.2 Å². The molecule has 6 heteroatoms. The molecule has 130 valence electrons. The summed E-state index contributed by atoms with van der Waals surface area (Å²) in [6.07, 6.45) is 3.97. The van der Waals surface area contributed by atoms with Crippen LogP contribution in [0.1, 0.15) is 18.9 Å². The van der Waals surface area contributed by atoms with Gasteiger partial charge in [-0.25, -0.2) is 0 Å². The van der Waals surface area contributed by atoms with E-state index in [1.807, 2.05) is 37.3 Å². The van der Waals surface area contributed by atoms with E-state index in [0.717, 1.165) is 5.56 Å². The molecule has 2 amide bonds. The van der Waals surface area contributed by atoms with Gasteiger partial charge in [-0.15, -0.1) is 0 Å². The second-order valence-electron chi connectivity index (χ2n) is 5.95. The highest BCUT2D eigenvalue weighted by molar-refractivity contribution is 6.00. The molecule has 25 heavy (non-hydrogen) atoms. The molecule has 2 aromatic rings. The SMILES string of the molecule is CCOc1ccccc1NC(=O)C1CC1C(=O)NCc1cccnc1. The number of para-hydroxylation sites is 2. The molecule has 2 atom stereocenters. The molecule has 1 aromatic carbocycles. The Balaban J connectivity index is 1.51. The van der Waals surface area contributed by atoms with E-state index < -0.39 is 0 Å². The number of nitrogens with one attached hydrogen (secondary N) is 2. The average molecular weight is 339 g/mol. The second kappa shape index (κ2) is 7.79. The topological polar surface area (TPSA) is 80.3 Å². The number of pyridine rings is 1. The van der Waals surface area contributed by atoms with Crippen molar-refractivity contribution in [2.24, 2.45) is 11.8 Å². The average Bonchev–Trinajstić information content (AvgIpc) is 3.43. The highest BCUT2D eigenvalue weighted by atomic mass is 16.5. The first-order chi connectivity index (χ1) is 12.2. The van der Waals surface area contributed by atoms with E-state index in [9.17, 15) is 9.59 Å². The van der Waals surface area contributed by atoms with Gasteiger partial charge in [0.05, 0.1) is 24.1 Å². The second-order valence-corrected chi connectivity index (χ2v) is 5.95. The van der Waals surface area contributed by atoms with Crippen LogP contribution in [0.3, 0.4) is 0 Å². The molecule has 2 N–H and O–H groups in total. The van der Waals surface area contributed by atoms with Crippen LogP contribution in [-0.4, -0.2) is 23.4 Å². The number of hydrogen-bond donors (Lipinski definition) is 2. The monoisotopic (exact) mass is 339 g/mol. The van der Waals surface area contributed by atoms with Crippen LogP contribution >= 0.6 is 0 Å². The van der Waals surface area contributed by atoms with Gasteiger partial charge in [-0.2, -0.15) is 0 Å². The largest absolute Gasteiger partial charge is 0.492 e. The number of amides is 2. The van der Waals surface area contributed by atoms with Crippen LogP contribution < -0.4 is 15.4 Å². The van der Waals surface area contributed by atoms with E-state index in [2.05, 4.69) is 15.6 Å². The Labute approximate surface area is 146 Å². The zero-order valence-corrected chi connectivity index (χ0v) is 14.1. The molecule has 1 heterocycles. The molecular formula is C19H21N3O3. The summed E-state index contributed by atoms with van der Waals surface area (Å²) in [5.41, 5.74) is 1.57. The molecule has 0 saturated heterocycles. The Kier molecular flexibility index (Phi) is 5.28. The molecule has 1 saturated carbocycles. The summed E-state index contributed by atoms with van der Waals surface area (Å²) < 4.78 is 5.50. The Hall–Kier alpha value is -2.89. The van der Waals surface area contributed by atoms with Crippen LogP contribution in [0.2, 0.25) is 0 Å². The minimum absolute atomic E-state index is 0.0953. The van der Waals surface area contributed by atoms with Crippen LogP contribution in [-0.2, 0) is 16.1 Å². The minimum atomic E-state index is -0.288. The van der Waals surface area contributed by atoms with Crippen LogP contribution in [0.15, 0.2) is 48.8 Å². The maximum Gasteiger partial charge on any atom is 0.228 e. The number of carbonyl (C=O) groups is 2. The molecule has 1 aromatic heterocycles. The lowest BCUT2D eigenvalue weighted by atomic mass is 10.2. The standard InChI is InChI=1S/C19H21N3O3/c1-2-25-17-8-4-3-7-16(17)22-19(24)15-10-14(15)18(23)21-12-13-6-5-9-20-11-13/h3-9,11,14-15H,2,10,12H2,1H3,(H,21,23)(H,22,24). The van der Waals surface area contributed by atoms with Crippen molar-refractivity contribution in [3.63, 3.8) is 0 Å². The summed E-state index contributed by atoms with van der Waals surface area (Å²) in [6, 6.07) is 11.0. The van der Waals surface area contributed by atoms with Crippen molar-refractivity contribution in [1.82, 2.24) is 10.3 Å². The molecule has 0 spiro atoms. The van der Waals surface area contributed by atoms with Gasteiger partial charge in [0.2, 0.25) is 11.8 Å². The Morgan fingerprint density at radius 3 is 2.72 bits per heavy atom. The van der Waals surface area contributed by atoms with Crippen LogP contribution in [0, 0.1) is 11.8 Å². The lowest BCUT2D eigenvalue weighted by molar-refractivity contribution is -0.125. The fourth-order valence-electron chi connectivity index (χ4n) is 2.67. The molecule has 2 unspecified atom stereocenters. The van der Waals surface area contributed by atoms with Gasteiger partial charge in [0, 0.05) is 18.9 Å². The van der Waals surface area contributed by atoms with E-state index in [1.54, 1.807) is 18.5 Å². The molecule has 0 radical (unpaired) electrons. The van der Waals surface area contributed by atoms with Gasteiger partial charge < -0.3 is 15.4 Å². The van der Waals surface area contributed by atoms with Crippen LogP contribution in [0.5, 0.6) is 5.75 Å². The number of hydrogen-bond acceptors (Lipinski definition) is 4. The Morgan fingerprint density at radius 2 is 1.96 bits per heavy atom. The zero-order chi connectivity index (χ0) is 17.6. The smallest absolute Gasteiger partial charge is 0.228 e. The Bertz CT molecular complexity index is 749. The number of nitrogens with zero attached hydrogens (tertiary/aromatic N) is 1. The lowest BCUT2D eigenvalue weighted by Gasteiger charge is -2.11. The molecule has 6 nitrogen and oxygen atoms in total. The molecule has 0 bridgehead atoms. The van der Waals surface area contributed by atoms with E-state index in [4.69, 9.17) is 4.74 Å². The van der Waals surface area contributed by atoms with Crippen molar-refractivity contribution in [1.29, 1.82) is 0 Å². The highest BCUT2D eigenvalue weighted by Gasteiger charge is 2.48. The van der Waals surface area contributed by atoms with Gasteiger partial charge >= 0.3 is 0 Å². The van der Waals surface area contributed by atoms with Crippen molar-refractivity contribution in [3.8, 4) is 5.75 Å². The van der Waals surface area contributed by atoms with Gasteiger partial charge in [-0.3, -0.25) is 14.6 Å². The molecule has 1 fully saturated rings. The third-order valence-electron chi connectivity index (χ3n) is 4.10. The fraction of sp³-hybridized carbons (Fsp3) is 0.316. The van der Waals surface area contributed by atoms with Crippen molar-refractivity contribution in [2.75, 3.05) is 11.9 Å². The number of aromatic nitrogens is 1. The number of carbonyl (C=O) groups excluding carboxylic acids is 2. The first-order valence-electron chi connectivity index (χ1n) is 8.38. The summed E-state index contributed by atoms with van der Waals surface area (Å²) in [7, 11) is 0.